The lowest BCUT2D eigenvalue weighted by molar-refractivity contribution is 0.415. The number of benzene rings is 1. The van der Waals surface area contributed by atoms with Gasteiger partial charge >= 0.3 is 0 Å². The van der Waals surface area contributed by atoms with Crippen molar-refractivity contribution in [3.63, 3.8) is 0 Å². The maximum atomic E-state index is 5.11. The Morgan fingerprint density at radius 2 is 1.92 bits per heavy atom. The third-order valence-electron chi connectivity index (χ3n) is 1.98. The number of ether oxygens (including phenoxy) is 1. The fourth-order valence-corrected chi connectivity index (χ4v) is 1.35. The smallest absolute Gasteiger partial charge is 0.121 e. The second-order valence-electron chi connectivity index (χ2n) is 2.77. The van der Waals surface area contributed by atoms with Crippen LogP contribution in [-0.4, -0.2) is 20.2 Å². The van der Waals surface area contributed by atoms with E-state index in [1.165, 1.54) is 0 Å². The number of hydrogen-bond donors (Lipinski definition) is 2. The zero-order valence-electron chi connectivity index (χ0n) is 7.05. The van der Waals surface area contributed by atoms with E-state index in [1.54, 1.807) is 7.11 Å². The lowest BCUT2D eigenvalue weighted by Crippen LogP contribution is -2.20. The minimum absolute atomic E-state index is 0.893. The van der Waals surface area contributed by atoms with E-state index < -0.39 is 0 Å². The molecule has 2 rings (SSSR count). The van der Waals surface area contributed by atoms with Gasteiger partial charge in [0, 0.05) is 19.2 Å². The van der Waals surface area contributed by atoms with E-state index in [1.807, 2.05) is 18.2 Å². The van der Waals surface area contributed by atoms with Crippen molar-refractivity contribution in [3.05, 3.63) is 18.2 Å². The molecule has 64 valence electrons. The highest BCUT2D eigenvalue weighted by Crippen LogP contribution is 2.28. The number of rotatable bonds is 1. The summed E-state index contributed by atoms with van der Waals surface area (Å²) in [6.45, 7) is 1.96. The SMILES string of the molecule is COc1ccc2c(c1)NCCN2. The van der Waals surface area contributed by atoms with Gasteiger partial charge in [0.1, 0.15) is 5.75 Å². The highest BCUT2D eigenvalue weighted by atomic mass is 16.5. The third-order valence-corrected chi connectivity index (χ3v) is 1.98. The molecule has 2 N–H and O–H groups in total. The van der Waals surface area contributed by atoms with Crippen LogP contribution in [0.25, 0.3) is 0 Å². The molecule has 0 bridgehead atoms. The molecule has 1 heterocycles. The minimum Gasteiger partial charge on any atom is -0.497 e. The predicted molar refractivity (Wildman–Crippen MR) is 50.0 cm³/mol. The van der Waals surface area contributed by atoms with Crippen LogP contribution >= 0.6 is 0 Å². The lowest BCUT2D eigenvalue weighted by atomic mass is 10.2. The molecule has 1 aromatic carbocycles. The molecule has 0 fully saturated rings. The topological polar surface area (TPSA) is 33.3 Å². The minimum atomic E-state index is 0.893. The van der Waals surface area contributed by atoms with Crippen LogP contribution in [0, 0.1) is 0 Å². The number of methoxy groups -OCH3 is 1. The zero-order chi connectivity index (χ0) is 8.39. The van der Waals surface area contributed by atoms with Gasteiger partial charge in [0.15, 0.2) is 0 Å². The molecule has 0 atom stereocenters. The summed E-state index contributed by atoms with van der Waals surface area (Å²) in [5.74, 6) is 0.893. The number of anilines is 2. The first kappa shape index (κ1) is 7.28. The number of fused-ring (bicyclic) bond motifs is 1. The summed E-state index contributed by atoms with van der Waals surface area (Å²) in [7, 11) is 1.68. The van der Waals surface area contributed by atoms with Crippen molar-refractivity contribution in [2.75, 3.05) is 30.8 Å². The standard InChI is InChI=1S/C9H12N2O/c1-12-7-2-3-8-9(6-7)11-5-4-10-8/h2-3,6,10-11H,4-5H2,1H3. The lowest BCUT2D eigenvalue weighted by Gasteiger charge is -2.20. The van der Waals surface area contributed by atoms with Crippen LogP contribution in [0.4, 0.5) is 11.4 Å². The maximum Gasteiger partial charge on any atom is 0.121 e. The van der Waals surface area contributed by atoms with Crippen molar-refractivity contribution < 1.29 is 4.74 Å². The summed E-state index contributed by atoms with van der Waals surface area (Å²) in [4.78, 5) is 0. The van der Waals surface area contributed by atoms with Crippen LogP contribution in [0.15, 0.2) is 18.2 Å². The Labute approximate surface area is 71.7 Å². The molecular formula is C9H12N2O. The molecule has 0 spiro atoms. The normalized spacial score (nSPS) is 14.1. The Balaban J connectivity index is 2.36. The van der Waals surface area contributed by atoms with Crippen LogP contribution < -0.4 is 15.4 Å². The Hall–Kier alpha value is -1.38. The van der Waals surface area contributed by atoms with Gasteiger partial charge in [-0.15, -0.1) is 0 Å². The summed E-state index contributed by atoms with van der Waals surface area (Å²) < 4.78 is 5.11. The van der Waals surface area contributed by atoms with E-state index in [0.717, 1.165) is 30.2 Å². The van der Waals surface area contributed by atoms with Crippen LogP contribution in [0.2, 0.25) is 0 Å². The molecule has 0 unspecified atom stereocenters. The molecule has 0 aromatic heterocycles. The Bertz CT molecular complexity index is 286. The van der Waals surface area contributed by atoms with E-state index in [9.17, 15) is 0 Å². The fourth-order valence-electron chi connectivity index (χ4n) is 1.35. The first-order valence-electron chi connectivity index (χ1n) is 4.06. The first-order chi connectivity index (χ1) is 5.90. The molecular weight excluding hydrogens is 152 g/mol. The molecule has 0 radical (unpaired) electrons. The Kier molecular flexibility index (Phi) is 1.78. The van der Waals surface area contributed by atoms with Crippen LogP contribution in [0.1, 0.15) is 0 Å². The van der Waals surface area contributed by atoms with Crippen LogP contribution in [0.3, 0.4) is 0 Å². The van der Waals surface area contributed by atoms with Gasteiger partial charge in [-0.05, 0) is 12.1 Å². The number of hydrogen-bond acceptors (Lipinski definition) is 3. The molecule has 1 aromatic rings. The van der Waals surface area contributed by atoms with Crippen LogP contribution in [0.5, 0.6) is 5.75 Å². The summed E-state index contributed by atoms with van der Waals surface area (Å²) in [6.07, 6.45) is 0. The van der Waals surface area contributed by atoms with Gasteiger partial charge in [0.2, 0.25) is 0 Å². The molecule has 0 saturated heterocycles. The van der Waals surface area contributed by atoms with Crippen molar-refractivity contribution in [1.29, 1.82) is 0 Å². The molecule has 0 amide bonds. The quantitative estimate of drug-likeness (QED) is 0.660. The van der Waals surface area contributed by atoms with Crippen molar-refractivity contribution in [2.24, 2.45) is 0 Å². The average molecular weight is 164 g/mol. The molecule has 0 saturated carbocycles. The fraction of sp³-hybridized carbons (Fsp3) is 0.333. The summed E-state index contributed by atoms with van der Waals surface area (Å²) >= 11 is 0. The molecule has 0 aliphatic carbocycles. The van der Waals surface area contributed by atoms with Crippen molar-refractivity contribution >= 4 is 11.4 Å². The van der Waals surface area contributed by atoms with Gasteiger partial charge in [0.25, 0.3) is 0 Å². The van der Waals surface area contributed by atoms with E-state index in [2.05, 4.69) is 10.6 Å². The van der Waals surface area contributed by atoms with E-state index in [4.69, 9.17) is 4.74 Å². The van der Waals surface area contributed by atoms with Gasteiger partial charge in [0.05, 0.1) is 18.5 Å². The van der Waals surface area contributed by atoms with Gasteiger partial charge < -0.3 is 15.4 Å². The summed E-state index contributed by atoms with van der Waals surface area (Å²) in [5.41, 5.74) is 2.28. The van der Waals surface area contributed by atoms with Gasteiger partial charge in [-0.3, -0.25) is 0 Å². The zero-order valence-corrected chi connectivity index (χ0v) is 7.05. The van der Waals surface area contributed by atoms with Gasteiger partial charge in [-0.2, -0.15) is 0 Å². The molecule has 3 nitrogen and oxygen atoms in total. The molecule has 12 heavy (non-hydrogen) atoms. The van der Waals surface area contributed by atoms with Gasteiger partial charge in [-0.1, -0.05) is 0 Å². The highest BCUT2D eigenvalue weighted by Gasteiger charge is 2.07. The Morgan fingerprint density at radius 1 is 1.17 bits per heavy atom. The second-order valence-corrected chi connectivity index (χ2v) is 2.77. The third kappa shape index (κ3) is 1.18. The first-order valence-corrected chi connectivity index (χ1v) is 4.06. The van der Waals surface area contributed by atoms with Crippen molar-refractivity contribution in [1.82, 2.24) is 0 Å². The molecule has 1 aliphatic rings. The summed E-state index contributed by atoms with van der Waals surface area (Å²) in [5, 5.41) is 6.59. The predicted octanol–water partition coefficient (Wildman–Crippen LogP) is 1.53. The second kappa shape index (κ2) is 2.93. The molecule has 1 aliphatic heterocycles. The van der Waals surface area contributed by atoms with E-state index >= 15 is 0 Å². The largest absolute Gasteiger partial charge is 0.497 e. The highest BCUT2D eigenvalue weighted by molar-refractivity contribution is 5.72. The van der Waals surface area contributed by atoms with E-state index in [0.29, 0.717) is 0 Å². The van der Waals surface area contributed by atoms with Crippen molar-refractivity contribution in [3.8, 4) is 5.75 Å². The van der Waals surface area contributed by atoms with Gasteiger partial charge in [-0.25, -0.2) is 0 Å². The van der Waals surface area contributed by atoms with Crippen molar-refractivity contribution in [2.45, 2.75) is 0 Å². The molecule has 3 heteroatoms. The van der Waals surface area contributed by atoms with Crippen LogP contribution in [-0.2, 0) is 0 Å². The average Bonchev–Trinajstić information content (AvgIpc) is 2.17. The number of nitrogens with one attached hydrogen (secondary N) is 2. The van der Waals surface area contributed by atoms with E-state index in [-0.39, 0.29) is 0 Å². The summed E-state index contributed by atoms with van der Waals surface area (Å²) in [6, 6.07) is 5.99. The maximum absolute atomic E-state index is 5.11. The monoisotopic (exact) mass is 164 g/mol. The Morgan fingerprint density at radius 3 is 2.67 bits per heavy atom.